The van der Waals surface area contributed by atoms with E-state index in [1.165, 1.54) is 32.4 Å². The fourth-order valence-electron chi connectivity index (χ4n) is 3.20. The summed E-state index contributed by atoms with van der Waals surface area (Å²) in [7, 11) is 0. The number of nitriles is 1. The van der Waals surface area contributed by atoms with Crippen molar-refractivity contribution < 1.29 is 0 Å². The highest BCUT2D eigenvalue weighted by atomic mass is 15.1. The molecule has 0 aliphatic carbocycles. The number of piperidine rings is 1. The Morgan fingerprint density at radius 1 is 1.37 bits per heavy atom. The second-order valence-corrected chi connectivity index (χ2v) is 5.90. The van der Waals surface area contributed by atoms with Crippen LogP contribution in [-0.2, 0) is 0 Å². The van der Waals surface area contributed by atoms with E-state index in [-0.39, 0.29) is 5.54 Å². The molecule has 0 aromatic carbocycles. The Kier molecular flexibility index (Phi) is 7.41. The standard InChI is InChI=1S/C16H31N3/c1-4-15-9-7-11-19(13-15)12-8-10-16(5-2,14-17)18-6-3/h15,18H,4-13H2,1-3H3. The van der Waals surface area contributed by atoms with Crippen LogP contribution in [0.1, 0.15) is 59.3 Å². The van der Waals surface area contributed by atoms with Gasteiger partial charge in [0.2, 0.25) is 0 Å². The molecule has 1 fully saturated rings. The highest BCUT2D eigenvalue weighted by Crippen LogP contribution is 2.21. The molecule has 3 heteroatoms. The lowest BCUT2D eigenvalue weighted by molar-refractivity contribution is 0.165. The minimum Gasteiger partial charge on any atom is -0.303 e. The maximum Gasteiger partial charge on any atom is 0.106 e. The molecule has 1 N–H and O–H groups in total. The molecule has 19 heavy (non-hydrogen) atoms. The van der Waals surface area contributed by atoms with Gasteiger partial charge in [-0.3, -0.25) is 5.32 Å². The Morgan fingerprint density at radius 2 is 2.16 bits per heavy atom. The van der Waals surface area contributed by atoms with Gasteiger partial charge < -0.3 is 4.90 Å². The Bertz CT molecular complexity index is 284. The molecule has 0 spiro atoms. The van der Waals surface area contributed by atoms with Crippen LogP contribution in [0.3, 0.4) is 0 Å². The third-order valence-corrected chi connectivity index (χ3v) is 4.59. The topological polar surface area (TPSA) is 39.1 Å². The van der Waals surface area contributed by atoms with E-state index in [9.17, 15) is 5.26 Å². The summed E-state index contributed by atoms with van der Waals surface area (Å²) >= 11 is 0. The van der Waals surface area contributed by atoms with Crippen LogP contribution in [0.15, 0.2) is 0 Å². The van der Waals surface area contributed by atoms with Crippen LogP contribution in [0.25, 0.3) is 0 Å². The SMILES string of the molecule is CCNC(C#N)(CC)CCCN1CCCC(CC)C1. The monoisotopic (exact) mass is 265 g/mol. The van der Waals surface area contributed by atoms with Crippen molar-refractivity contribution in [3.8, 4) is 6.07 Å². The summed E-state index contributed by atoms with van der Waals surface area (Å²) in [5, 5.41) is 12.8. The maximum absolute atomic E-state index is 9.40. The fraction of sp³-hybridized carbons (Fsp3) is 0.938. The van der Waals surface area contributed by atoms with Gasteiger partial charge >= 0.3 is 0 Å². The quantitative estimate of drug-likeness (QED) is 0.732. The van der Waals surface area contributed by atoms with Gasteiger partial charge in [0.15, 0.2) is 0 Å². The molecule has 110 valence electrons. The van der Waals surface area contributed by atoms with E-state index in [0.29, 0.717) is 0 Å². The third-order valence-electron chi connectivity index (χ3n) is 4.59. The second-order valence-electron chi connectivity index (χ2n) is 5.90. The van der Waals surface area contributed by atoms with E-state index in [1.54, 1.807) is 0 Å². The van der Waals surface area contributed by atoms with E-state index in [1.807, 2.05) is 0 Å². The summed E-state index contributed by atoms with van der Waals surface area (Å²) in [6, 6.07) is 2.49. The molecule has 2 unspecified atom stereocenters. The molecule has 1 heterocycles. The Labute approximate surface area is 119 Å². The lowest BCUT2D eigenvalue weighted by atomic mass is 9.91. The first kappa shape index (κ1) is 16.5. The first-order valence-corrected chi connectivity index (χ1v) is 8.08. The van der Waals surface area contributed by atoms with Crippen LogP contribution in [0, 0.1) is 17.2 Å². The van der Waals surface area contributed by atoms with Gasteiger partial charge in [0.1, 0.15) is 5.54 Å². The lowest BCUT2D eigenvalue weighted by Crippen LogP contribution is -2.44. The molecule has 0 bridgehead atoms. The highest BCUT2D eigenvalue weighted by Gasteiger charge is 2.26. The molecule has 0 amide bonds. The number of hydrogen-bond donors (Lipinski definition) is 1. The Hall–Kier alpha value is -0.590. The van der Waals surface area contributed by atoms with Crippen LogP contribution in [0.2, 0.25) is 0 Å². The van der Waals surface area contributed by atoms with E-state index in [0.717, 1.165) is 38.3 Å². The molecule has 2 atom stereocenters. The van der Waals surface area contributed by atoms with Crippen molar-refractivity contribution in [1.82, 2.24) is 10.2 Å². The van der Waals surface area contributed by atoms with Gasteiger partial charge in [-0.25, -0.2) is 0 Å². The molecule has 3 nitrogen and oxygen atoms in total. The van der Waals surface area contributed by atoms with Crippen molar-refractivity contribution in [1.29, 1.82) is 5.26 Å². The molecular formula is C16H31N3. The minimum absolute atomic E-state index is 0.297. The summed E-state index contributed by atoms with van der Waals surface area (Å²) in [6.45, 7) is 11.1. The van der Waals surface area contributed by atoms with Crippen LogP contribution in [0.4, 0.5) is 0 Å². The molecule has 1 aliphatic rings. The van der Waals surface area contributed by atoms with Crippen molar-refractivity contribution in [3.05, 3.63) is 0 Å². The van der Waals surface area contributed by atoms with Gasteiger partial charge in [-0.15, -0.1) is 0 Å². The zero-order chi connectivity index (χ0) is 14.1. The molecule has 1 aliphatic heterocycles. The van der Waals surface area contributed by atoms with Crippen LogP contribution >= 0.6 is 0 Å². The molecule has 0 aromatic heterocycles. The molecule has 1 saturated heterocycles. The van der Waals surface area contributed by atoms with Crippen molar-refractivity contribution in [3.63, 3.8) is 0 Å². The predicted octanol–water partition coefficient (Wildman–Crippen LogP) is 3.17. The molecule has 0 radical (unpaired) electrons. The smallest absolute Gasteiger partial charge is 0.106 e. The number of rotatable bonds is 8. The summed E-state index contributed by atoms with van der Waals surface area (Å²) in [5.74, 6) is 0.898. The van der Waals surface area contributed by atoms with Crippen molar-refractivity contribution in [2.45, 2.75) is 64.8 Å². The van der Waals surface area contributed by atoms with E-state index in [4.69, 9.17) is 0 Å². The van der Waals surface area contributed by atoms with Gasteiger partial charge in [-0.05, 0) is 57.7 Å². The Balaban J connectivity index is 2.33. The van der Waals surface area contributed by atoms with Gasteiger partial charge in [-0.2, -0.15) is 5.26 Å². The van der Waals surface area contributed by atoms with Gasteiger partial charge in [0.05, 0.1) is 6.07 Å². The fourth-order valence-corrected chi connectivity index (χ4v) is 3.20. The van der Waals surface area contributed by atoms with Gasteiger partial charge in [-0.1, -0.05) is 27.2 Å². The van der Waals surface area contributed by atoms with E-state index in [2.05, 4.69) is 37.1 Å². The number of nitrogens with zero attached hydrogens (tertiary/aromatic N) is 2. The molecule has 1 rings (SSSR count). The van der Waals surface area contributed by atoms with E-state index >= 15 is 0 Å². The van der Waals surface area contributed by atoms with Crippen molar-refractivity contribution in [2.75, 3.05) is 26.2 Å². The average Bonchev–Trinajstić information content (AvgIpc) is 2.46. The lowest BCUT2D eigenvalue weighted by Gasteiger charge is -2.33. The van der Waals surface area contributed by atoms with Crippen LogP contribution < -0.4 is 5.32 Å². The number of likely N-dealkylation sites (tertiary alicyclic amines) is 1. The Morgan fingerprint density at radius 3 is 2.74 bits per heavy atom. The summed E-state index contributed by atoms with van der Waals surface area (Å²) in [5.41, 5.74) is -0.297. The van der Waals surface area contributed by atoms with Gasteiger partial charge in [0, 0.05) is 6.54 Å². The van der Waals surface area contributed by atoms with Crippen molar-refractivity contribution >= 4 is 0 Å². The second kappa shape index (κ2) is 8.55. The predicted molar refractivity (Wildman–Crippen MR) is 81.0 cm³/mol. The number of hydrogen-bond acceptors (Lipinski definition) is 3. The number of nitrogens with one attached hydrogen (secondary N) is 1. The highest BCUT2D eigenvalue weighted by molar-refractivity contribution is 5.06. The first-order chi connectivity index (χ1) is 9.19. The van der Waals surface area contributed by atoms with Crippen molar-refractivity contribution in [2.24, 2.45) is 5.92 Å². The average molecular weight is 265 g/mol. The molecule has 0 saturated carbocycles. The molecule has 0 aromatic rings. The third kappa shape index (κ3) is 5.12. The zero-order valence-electron chi connectivity index (χ0n) is 13.0. The van der Waals surface area contributed by atoms with Gasteiger partial charge in [0.25, 0.3) is 0 Å². The molecular weight excluding hydrogens is 234 g/mol. The van der Waals surface area contributed by atoms with E-state index < -0.39 is 0 Å². The van der Waals surface area contributed by atoms with Crippen LogP contribution in [0.5, 0.6) is 0 Å². The summed E-state index contributed by atoms with van der Waals surface area (Å²) in [6.07, 6.45) is 7.07. The largest absolute Gasteiger partial charge is 0.303 e. The summed E-state index contributed by atoms with van der Waals surface area (Å²) < 4.78 is 0. The minimum atomic E-state index is -0.297. The maximum atomic E-state index is 9.40. The normalized spacial score (nSPS) is 23.8. The van der Waals surface area contributed by atoms with Crippen LogP contribution in [-0.4, -0.2) is 36.6 Å². The summed E-state index contributed by atoms with van der Waals surface area (Å²) in [4.78, 5) is 2.60. The first-order valence-electron chi connectivity index (χ1n) is 8.08. The zero-order valence-corrected chi connectivity index (χ0v) is 13.0.